The van der Waals surface area contributed by atoms with E-state index in [2.05, 4.69) is 106 Å². The van der Waals surface area contributed by atoms with E-state index >= 15 is 0 Å². The maximum Gasteiger partial charge on any atom is 0.306 e. The van der Waals surface area contributed by atoms with Crippen LogP contribution < -0.4 is 0 Å². The highest BCUT2D eigenvalue weighted by atomic mass is 16.6. The van der Waals surface area contributed by atoms with Gasteiger partial charge in [0.05, 0.1) is 0 Å². The molecule has 0 aromatic rings. The Morgan fingerprint density at radius 2 is 0.534 bits per heavy atom. The van der Waals surface area contributed by atoms with Crippen LogP contribution in [-0.4, -0.2) is 37.2 Å². The summed E-state index contributed by atoms with van der Waals surface area (Å²) >= 11 is 0. The van der Waals surface area contributed by atoms with Gasteiger partial charge in [-0.2, -0.15) is 0 Å². The van der Waals surface area contributed by atoms with Gasteiger partial charge >= 0.3 is 17.9 Å². The van der Waals surface area contributed by atoms with Crippen LogP contribution >= 0.6 is 0 Å². The first-order valence-electron chi connectivity index (χ1n) is 31.1. The summed E-state index contributed by atoms with van der Waals surface area (Å²) in [5, 5.41) is 0. The molecule has 0 saturated carbocycles. The molecule has 0 bridgehead atoms. The molecule has 0 aromatic carbocycles. The van der Waals surface area contributed by atoms with E-state index in [-0.39, 0.29) is 31.1 Å². The Bertz CT molecular complexity index is 1400. The number of hydrogen-bond acceptors (Lipinski definition) is 6. The quantitative estimate of drug-likeness (QED) is 0.0261. The molecule has 0 aromatic heterocycles. The fourth-order valence-corrected chi connectivity index (χ4v) is 8.74. The van der Waals surface area contributed by atoms with E-state index in [1.165, 1.54) is 161 Å². The number of ether oxygens (including phenoxy) is 3. The van der Waals surface area contributed by atoms with Crippen molar-refractivity contribution in [2.75, 3.05) is 13.2 Å². The van der Waals surface area contributed by atoms with Crippen molar-refractivity contribution in [2.24, 2.45) is 0 Å². The van der Waals surface area contributed by atoms with Crippen LogP contribution in [0.3, 0.4) is 0 Å². The van der Waals surface area contributed by atoms with Crippen molar-refractivity contribution in [3.05, 3.63) is 85.1 Å². The average molecular weight is 1020 g/mol. The molecule has 0 aliphatic carbocycles. The van der Waals surface area contributed by atoms with Gasteiger partial charge in [0.15, 0.2) is 6.10 Å². The Labute approximate surface area is 452 Å². The molecule has 73 heavy (non-hydrogen) atoms. The molecule has 0 fully saturated rings. The maximum absolute atomic E-state index is 12.8. The number of allylic oxidation sites excluding steroid dienone is 14. The number of rotatable bonds is 56. The fourth-order valence-electron chi connectivity index (χ4n) is 8.74. The van der Waals surface area contributed by atoms with Crippen molar-refractivity contribution >= 4 is 17.9 Å². The van der Waals surface area contributed by atoms with Crippen LogP contribution in [0.4, 0.5) is 0 Å². The summed E-state index contributed by atoms with van der Waals surface area (Å²) in [6, 6.07) is 0. The minimum atomic E-state index is -0.776. The van der Waals surface area contributed by atoms with Crippen molar-refractivity contribution in [1.82, 2.24) is 0 Å². The summed E-state index contributed by atoms with van der Waals surface area (Å²) in [6.45, 7) is 6.45. The summed E-state index contributed by atoms with van der Waals surface area (Å²) in [5.74, 6) is -0.890. The lowest BCUT2D eigenvalue weighted by molar-refractivity contribution is -0.167. The second-order valence-electron chi connectivity index (χ2n) is 20.6. The van der Waals surface area contributed by atoms with Gasteiger partial charge in [0.25, 0.3) is 0 Å². The first kappa shape index (κ1) is 69.6. The zero-order chi connectivity index (χ0) is 52.9. The van der Waals surface area contributed by atoms with Crippen molar-refractivity contribution in [3.63, 3.8) is 0 Å². The third kappa shape index (κ3) is 59.3. The Balaban J connectivity index is 4.06. The van der Waals surface area contributed by atoms with Gasteiger partial charge in [-0.1, -0.05) is 273 Å². The van der Waals surface area contributed by atoms with Gasteiger partial charge < -0.3 is 14.2 Å². The minimum absolute atomic E-state index is 0.0779. The van der Waals surface area contributed by atoms with Crippen LogP contribution in [0, 0.1) is 0 Å². The summed E-state index contributed by atoms with van der Waals surface area (Å²) in [4.78, 5) is 37.9. The zero-order valence-corrected chi connectivity index (χ0v) is 48.1. The molecule has 420 valence electrons. The van der Waals surface area contributed by atoms with E-state index in [4.69, 9.17) is 14.2 Å². The lowest BCUT2D eigenvalue weighted by Gasteiger charge is -2.18. The molecule has 0 amide bonds. The van der Waals surface area contributed by atoms with Crippen LogP contribution in [0.2, 0.25) is 0 Å². The van der Waals surface area contributed by atoms with Crippen molar-refractivity contribution < 1.29 is 28.6 Å². The number of carbonyl (C=O) groups excluding carboxylic acids is 3. The third-order valence-electron chi connectivity index (χ3n) is 13.4. The smallest absolute Gasteiger partial charge is 0.306 e. The molecule has 0 rings (SSSR count). The van der Waals surface area contributed by atoms with E-state index in [1.807, 2.05) is 0 Å². The minimum Gasteiger partial charge on any atom is -0.462 e. The predicted octanol–water partition coefficient (Wildman–Crippen LogP) is 21.1. The van der Waals surface area contributed by atoms with E-state index in [9.17, 15) is 14.4 Å². The maximum atomic E-state index is 12.8. The largest absolute Gasteiger partial charge is 0.462 e. The van der Waals surface area contributed by atoms with Gasteiger partial charge in [-0.15, -0.1) is 0 Å². The van der Waals surface area contributed by atoms with Crippen molar-refractivity contribution in [1.29, 1.82) is 0 Å². The molecule has 0 aliphatic heterocycles. The number of esters is 3. The highest BCUT2D eigenvalue weighted by Gasteiger charge is 2.19. The second-order valence-corrected chi connectivity index (χ2v) is 20.6. The van der Waals surface area contributed by atoms with Gasteiger partial charge in [-0.3, -0.25) is 14.4 Å². The SMILES string of the molecule is CC/C=C\C/C=C\C/C=C\C/C=C\CCCCCCCCCCCCC(=O)OC(COC(=O)CCCCCCC)COC(=O)CCCCCCCCCCCCCC/C=C\C/C=C\C/C=C\CCCCCCC. The van der Waals surface area contributed by atoms with Crippen LogP contribution in [0.5, 0.6) is 0 Å². The van der Waals surface area contributed by atoms with E-state index in [0.29, 0.717) is 19.3 Å². The van der Waals surface area contributed by atoms with E-state index in [0.717, 1.165) is 103 Å². The zero-order valence-electron chi connectivity index (χ0n) is 48.1. The molecule has 0 radical (unpaired) electrons. The van der Waals surface area contributed by atoms with Crippen molar-refractivity contribution in [2.45, 2.75) is 309 Å². The standard InChI is InChI=1S/C67H116O6/c1-4-7-10-13-15-17-19-21-23-25-27-29-31-32-33-34-36-37-39-41-43-45-47-49-51-54-57-60-66(69)72-63-64(62-71-65(68)59-56-53-12-9-6-3)73-67(70)61-58-55-52-50-48-46-44-42-40-38-35-30-28-26-24-22-20-18-16-14-11-8-5-2/h8,11,16,18-19,21-22,24-25,27-28,30-32,64H,4-7,9-10,12-15,17,20,23,26,29,33-63H2,1-3H3/b11-8-,18-16-,21-19-,24-22-,27-25-,30-28-,32-31-. The summed E-state index contributed by atoms with van der Waals surface area (Å²) in [6.07, 6.45) is 80.6. The Morgan fingerprint density at radius 3 is 0.836 bits per heavy atom. The molecule has 1 atom stereocenters. The normalized spacial score (nSPS) is 12.6. The third-order valence-corrected chi connectivity index (χ3v) is 13.4. The van der Waals surface area contributed by atoms with Crippen LogP contribution in [-0.2, 0) is 28.6 Å². The van der Waals surface area contributed by atoms with Gasteiger partial charge in [0.2, 0.25) is 0 Å². The summed E-state index contributed by atoms with van der Waals surface area (Å²) in [5.41, 5.74) is 0. The Kier molecular flexibility index (Phi) is 58.3. The molecule has 0 aliphatic rings. The molecular formula is C67H116O6. The lowest BCUT2D eigenvalue weighted by Crippen LogP contribution is -2.30. The number of hydrogen-bond donors (Lipinski definition) is 0. The first-order valence-corrected chi connectivity index (χ1v) is 31.1. The number of carbonyl (C=O) groups is 3. The highest BCUT2D eigenvalue weighted by Crippen LogP contribution is 2.16. The van der Waals surface area contributed by atoms with E-state index < -0.39 is 6.10 Å². The second kappa shape index (κ2) is 61.1. The molecular weight excluding hydrogens is 901 g/mol. The Morgan fingerprint density at radius 1 is 0.288 bits per heavy atom. The first-order chi connectivity index (χ1) is 36.0. The van der Waals surface area contributed by atoms with Gasteiger partial charge in [-0.25, -0.2) is 0 Å². The van der Waals surface area contributed by atoms with Crippen LogP contribution in [0.1, 0.15) is 303 Å². The van der Waals surface area contributed by atoms with Crippen molar-refractivity contribution in [3.8, 4) is 0 Å². The average Bonchev–Trinajstić information content (AvgIpc) is 3.39. The fraction of sp³-hybridized carbons (Fsp3) is 0.746. The van der Waals surface area contributed by atoms with Gasteiger partial charge in [-0.05, 0) is 96.3 Å². The van der Waals surface area contributed by atoms with Crippen LogP contribution in [0.15, 0.2) is 85.1 Å². The predicted molar refractivity (Wildman–Crippen MR) is 316 cm³/mol. The van der Waals surface area contributed by atoms with Crippen LogP contribution in [0.25, 0.3) is 0 Å². The topological polar surface area (TPSA) is 78.9 Å². The monoisotopic (exact) mass is 1020 g/mol. The Hall–Kier alpha value is -3.41. The van der Waals surface area contributed by atoms with Gasteiger partial charge in [0.1, 0.15) is 13.2 Å². The molecule has 0 N–H and O–H groups in total. The summed E-state index contributed by atoms with van der Waals surface area (Å²) < 4.78 is 16.8. The molecule has 6 heteroatoms. The molecule has 0 saturated heterocycles. The summed E-state index contributed by atoms with van der Waals surface area (Å²) in [7, 11) is 0. The van der Waals surface area contributed by atoms with Gasteiger partial charge in [0, 0.05) is 19.3 Å². The van der Waals surface area contributed by atoms with E-state index in [1.54, 1.807) is 0 Å². The molecule has 0 spiro atoms. The molecule has 6 nitrogen and oxygen atoms in total. The molecule has 0 heterocycles. The molecule has 1 unspecified atom stereocenters. The number of unbranched alkanes of at least 4 members (excludes halogenated alkanes) is 31. The highest BCUT2D eigenvalue weighted by molar-refractivity contribution is 5.71. The lowest BCUT2D eigenvalue weighted by atomic mass is 10.0.